The number of hydrogen-bond donors (Lipinski definition) is 3. The summed E-state index contributed by atoms with van der Waals surface area (Å²) in [7, 11) is 5.23. The lowest BCUT2D eigenvalue weighted by atomic mass is 9.87. The number of nitrogens with zero attached hydrogens (tertiary/aromatic N) is 3. The van der Waals surface area contributed by atoms with Crippen LogP contribution in [0, 0.1) is 17.5 Å². The molecule has 0 aromatic heterocycles. The maximum absolute atomic E-state index is 13.7. The van der Waals surface area contributed by atoms with Gasteiger partial charge in [-0.05, 0) is 206 Å². The highest BCUT2D eigenvalue weighted by molar-refractivity contribution is 6.30. The zero-order chi connectivity index (χ0) is 85.0. The summed E-state index contributed by atoms with van der Waals surface area (Å²) in [6.07, 6.45) is 6.21. The quantitative estimate of drug-likeness (QED) is 0.0307. The Morgan fingerprint density at radius 1 is 0.366 bits per heavy atom. The average Bonchev–Trinajstić information content (AvgIpc) is 0.817. The molecule has 0 radical (unpaired) electrons. The van der Waals surface area contributed by atoms with Gasteiger partial charge in [-0.2, -0.15) is 0 Å². The fourth-order valence-corrected chi connectivity index (χ4v) is 16.5. The fraction of sp³-hybridized carbons (Fsp3) is 0.449. The molecule has 0 aliphatic carbocycles. The van der Waals surface area contributed by atoms with Crippen molar-refractivity contribution in [3.63, 3.8) is 0 Å². The van der Waals surface area contributed by atoms with Crippen LogP contribution in [0.5, 0.6) is 40.2 Å². The first-order valence-electron chi connectivity index (χ1n) is 43.4. The second-order valence-corrected chi connectivity index (χ2v) is 31.8. The summed E-state index contributed by atoms with van der Waals surface area (Å²) in [4.78, 5) is 7.14. The first-order chi connectivity index (χ1) is 60.5. The lowest BCUT2D eigenvalue weighted by Crippen LogP contribution is -2.41. The summed E-state index contributed by atoms with van der Waals surface area (Å²) in [5.74, 6) is 5.37. The van der Waals surface area contributed by atoms with Crippen molar-refractivity contribution in [2.24, 2.45) is 0 Å². The van der Waals surface area contributed by atoms with Gasteiger partial charge in [-0.15, -0.1) is 0 Å². The molecule has 660 valence electrons. The molecule has 0 bridgehead atoms. The molecule has 6 aliphatic heterocycles. The summed E-state index contributed by atoms with van der Waals surface area (Å²) in [5, 5.41) is 11.1. The molecule has 15 rings (SSSR count). The Hall–Kier alpha value is -9.38. The van der Waals surface area contributed by atoms with Gasteiger partial charge in [0.05, 0.1) is 101 Å². The van der Waals surface area contributed by atoms with Crippen LogP contribution in [0.2, 0.25) is 5.02 Å². The largest absolute Gasteiger partial charge is 0.491 e. The molecule has 25 heteroatoms. The minimum Gasteiger partial charge on any atom is -0.491 e. The topological polar surface area (TPSA) is 184 Å². The van der Waals surface area contributed by atoms with E-state index in [1.54, 1.807) is 45.6 Å². The van der Waals surface area contributed by atoms with E-state index >= 15 is 0 Å². The molecule has 0 spiro atoms. The van der Waals surface area contributed by atoms with Gasteiger partial charge in [0.1, 0.15) is 104 Å². The molecule has 0 saturated carbocycles. The molecule has 123 heavy (non-hydrogen) atoms. The third-order valence-corrected chi connectivity index (χ3v) is 22.9. The third kappa shape index (κ3) is 28.3. The number of hydrogen-bond acceptors (Lipinski definition) is 21. The normalized spacial score (nSPS) is 18.5. The molecule has 6 atom stereocenters. The maximum Gasteiger partial charge on any atom is 0.142 e. The second kappa shape index (κ2) is 49.3. The smallest absolute Gasteiger partial charge is 0.142 e. The fourth-order valence-electron chi connectivity index (χ4n) is 16.3. The van der Waals surface area contributed by atoms with Gasteiger partial charge in [0.2, 0.25) is 0 Å². The predicted molar refractivity (Wildman–Crippen MR) is 473 cm³/mol. The number of benzene rings is 9. The Labute approximate surface area is 727 Å². The molecule has 0 amide bonds. The molecular weight excluding hydrogens is 1590 g/mol. The standard InChI is InChI=1S/C33H40F2N2O5.C33H41FN2O5.C32H39ClN2O5/c1-38-13-2-11-37-12-14-41-32-8-3-24(19-31(32)37)23-42-33-21-36-10-9-30(33)26-4-6-29(7-5-26)40-16-15-39-22-25-17-27(34)20-28(35)18-25;1-37-17-4-15-36-16-18-40-32-12-7-25(21-31(32)36)23-41-33-22-35-14-13-29(33)26-8-10-28(11-9-26)39-20-19-38-24-27-5-2-3-6-30(27)34;1-36-16-3-14-35-15-17-39-31-11-6-24(20-30(31)35)23-40-32-22-34-13-12-29(32)25-7-9-27(10-8-25)37-18-19-38-28-5-2-4-26(33)21-28/h3-8,17-20,30,33,36H,2,9-16,21-23H2,1H3;2-3,5-12,21,29,33,35H,4,13-20,22-24H2,1H3;2,4-11,20-21,29,32,34H,3,12-19,22-23H2,1H3/t30-,33+;29-,33+;29-,32+/m111/s1. The van der Waals surface area contributed by atoms with Crippen LogP contribution in [0.1, 0.15) is 101 Å². The van der Waals surface area contributed by atoms with Gasteiger partial charge in [-0.1, -0.05) is 90.5 Å². The van der Waals surface area contributed by atoms with E-state index < -0.39 is 11.6 Å². The predicted octanol–water partition coefficient (Wildman–Crippen LogP) is 16.5. The summed E-state index contributed by atoms with van der Waals surface area (Å²) in [6.45, 7) is 19.6. The van der Waals surface area contributed by atoms with Crippen LogP contribution in [0.15, 0.2) is 194 Å². The molecular formula is C98H120ClF3N6O15. The summed E-state index contributed by atoms with van der Waals surface area (Å²) in [5.41, 5.74) is 11.6. The van der Waals surface area contributed by atoms with Crippen LogP contribution >= 0.6 is 11.6 Å². The van der Waals surface area contributed by atoms with Gasteiger partial charge in [0, 0.05) is 115 Å². The van der Waals surface area contributed by atoms with Crippen LogP contribution in [0.4, 0.5) is 30.2 Å². The molecule has 6 aliphatic rings. The molecule has 21 nitrogen and oxygen atoms in total. The Bertz CT molecular complexity index is 4600. The van der Waals surface area contributed by atoms with Crippen molar-refractivity contribution < 1.29 is 84.2 Å². The van der Waals surface area contributed by atoms with E-state index in [1.807, 2.05) is 54.6 Å². The maximum atomic E-state index is 13.7. The molecule has 3 saturated heterocycles. The van der Waals surface area contributed by atoms with E-state index in [0.717, 1.165) is 217 Å². The summed E-state index contributed by atoms with van der Waals surface area (Å²) >= 11 is 6.01. The van der Waals surface area contributed by atoms with E-state index in [4.69, 9.17) is 82.7 Å². The average molecular weight is 1710 g/mol. The van der Waals surface area contributed by atoms with Crippen molar-refractivity contribution in [2.45, 2.75) is 108 Å². The molecule has 3 N–H and O–H groups in total. The van der Waals surface area contributed by atoms with Crippen LogP contribution in [-0.2, 0) is 70.9 Å². The minimum atomic E-state index is -0.610. The van der Waals surface area contributed by atoms with Crippen molar-refractivity contribution >= 4 is 28.7 Å². The first kappa shape index (κ1) is 91.3. The number of methoxy groups -OCH3 is 3. The van der Waals surface area contributed by atoms with Crippen molar-refractivity contribution in [1.82, 2.24) is 16.0 Å². The monoisotopic (exact) mass is 1710 g/mol. The van der Waals surface area contributed by atoms with Gasteiger partial charge in [0.15, 0.2) is 0 Å². The van der Waals surface area contributed by atoms with Gasteiger partial charge >= 0.3 is 0 Å². The number of anilines is 3. The van der Waals surface area contributed by atoms with E-state index in [0.29, 0.717) is 107 Å². The zero-order valence-electron chi connectivity index (χ0n) is 71.2. The number of ether oxygens (including phenoxy) is 15. The number of nitrogens with one attached hydrogen (secondary N) is 3. The Kier molecular flexibility index (Phi) is 36.6. The summed E-state index contributed by atoms with van der Waals surface area (Å²) in [6, 6.07) is 61.4. The summed E-state index contributed by atoms with van der Waals surface area (Å²) < 4.78 is 128. The van der Waals surface area contributed by atoms with Crippen LogP contribution in [-0.4, -0.2) is 197 Å². The highest BCUT2D eigenvalue weighted by Crippen LogP contribution is 2.39. The van der Waals surface area contributed by atoms with E-state index in [-0.39, 0.29) is 43.3 Å². The van der Waals surface area contributed by atoms with E-state index in [1.165, 1.54) is 34.9 Å². The Morgan fingerprint density at radius 3 is 1.14 bits per heavy atom. The highest BCUT2D eigenvalue weighted by Gasteiger charge is 2.32. The zero-order valence-corrected chi connectivity index (χ0v) is 71.9. The van der Waals surface area contributed by atoms with E-state index in [2.05, 4.69) is 122 Å². The third-order valence-electron chi connectivity index (χ3n) is 22.7. The second-order valence-electron chi connectivity index (χ2n) is 31.3. The van der Waals surface area contributed by atoms with Crippen LogP contribution < -0.4 is 63.8 Å². The number of halogens is 4. The van der Waals surface area contributed by atoms with Crippen LogP contribution in [0.25, 0.3) is 0 Å². The minimum absolute atomic E-state index is 0.0525. The highest BCUT2D eigenvalue weighted by atomic mass is 35.5. The van der Waals surface area contributed by atoms with Gasteiger partial charge in [0.25, 0.3) is 0 Å². The van der Waals surface area contributed by atoms with Gasteiger partial charge in [-0.3, -0.25) is 0 Å². The van der Waals surface area contributed by atoms with Crippen molar-refractivity contribution in [1.29, 1.82) is 0 Å². The number of fused-ring (bicyclic) bond motifs is 3. The number of rotatable bonds is 41. The molecule has 6 heterocycles. The molecule has 0 unspecified atom stereocenters. The van der Waals surface area contributed by atoms with Gasteiger partial charge < -0.3 is 102 Å². The van der Waals surface area contributed by atoms with E-state index in [9.17, 15) is 13.2 Å². The molecule has 9 aromatic rings. The molecule has 3 fully saturated rings. The number of piperidine rings is 3. The van der Waals surface area contributed by atoms with Crippen molar-refractivity contribution in [2.75, 3.05) is 194 Å². The Morgan fingerprint density at radius 2 is 0.748 bits per heavy atom. The van der Waals surface area contributed by atoms with Crippen molar-refractivity contribution in [3.05, 3.63) is 261 Å². The lowest BCUT2D eigenvalue weighted by Gasteiger charge is -2.33. The SMILES string of the molecule is COCCCN1CCOc2ccc(CO[C@H]3CNCC[C@@H]3c3ccc(OCCOCc4cc(F)cc(F)c4)cc3)cc21.COCCCN1CCOc2ccc(CO[C@H]3CNCC[C@@H]3c3ccc(OCCOCc4ccccc4F)cc3)cc21.COCCCN1CCOc2ccc(CO[C@H]3CNCC[C@@H]3c3ccc(OCCOc4cccc(Cl)c4)cc3)cc21. The van der Waals surface area contributed by atoms with Crippen LogP contribution in [0.3, 0.4) is 0 Å². The van der Waals surface area contributed by atoms with Crippen molar-refractivity contribution in [3.8, 4) is 40.2 Å². The van der Waals surface area contributed by atoms with Gasteiger partial charge in [-0.25, -0.2) is 13.2 Å². The lowest BCUT2D eigenvalue weighted by molar-refractivity contribution is 0.0105. The Balaban J connectivity index is 0.000000159. The molecule has 9 aromatic carbocycles. The first-order valence-corrected chi connectivity index (χ1v) is 43.7.